The number of anilines is 1. The second-order valence-electron chi connectivity index (χ2n) is 6.13. The minimum atomic E-state index is -3.29. The molecule has 1 aliphatic rings. The maximum absolute atomic E-state index is 12.5. The van der Waals surface area contributed by atoms with Gasteiger partial charge in [0.15, 0.2) is 0 Å². The number of hydrogen-bond acceptors (Lipinski definition) is 3. The van der Waals surface area contributed by atoms with Crippen LogP contribution in [0.2, 0.25) is 0 Å². The molecule has 0 N–H and O–H groups in total. The van der Waals surface area contributed by atoms with Crippen LogP contribution in [-0.4, -0.2) is 44.6 Å². The topological polar surface area (TPSA) is 57.7 Å². The van der Waals surface area contributed by atoms with Crippen LogP contribution in [-0.2, 0) is 16.4 Å². The van der Waals surface area contributed by atoms with Gasteiger partial charge in [-0.15, -0.1) is 0 Å². The van der Waals surface area contributed by atoms with Crippen molar-refractivity contribution in [2.75, 3.05) is 17.6 Å². The second kappa shape index (κ2) is 5.91. The SMILES string of the molecule is CCC(C)N(C)C(=O)c1ccc2c(c1)CC(C)N2S(C)(=O)=O. The monoisotopic (exact) mass is 324 g/mol. The third-order valence-electron chi connectivity index (χ3n) is 4.41. The molecule has 1 amide bonds. The Bertz CT molecular complexity index is 685. The zero-order valence-electron chi connectivity index (χ0n) is 13.8. The van der Waals surface area contributed by atoms with Gasteiger partial charge in [0.1, 0.15) is 0 Å². The number of amides is 1. The zero-order chi connectivity index (χ0) is 16.7. The summed E-state index contributed by atoms with van der Waals surface area (Å²) in [4.78, 5) is 14.2. The highest BCUT2D eigenvalue weighted by molar-refractivity contribution is 7.92. The summed E-state index contributed by atoms with van der Waals surface area (Å²) in [6.07, 6.45) is 2.75. The standard InChI is InChI=1S/C16H24N2O3S/c1-6-11(2)17(4)16(19)13-7-8-15-14(10-13)9-12(3)18(15)22(5,20)21/h7-8,10-12H,6,9H2,1-5H3. The van der Waals surface area contributed by atoms with Gasteiger partial charge >= 0.3 is 0 Å². The summed E-state index contributed by atoms with van der Waals surface area (Å²) in [5.74, 6) is -0.0254. The Morgan fingerprint density at radius 3 is 2.64 bits per heavy atom. The quantitative estimate of drug-likeness (QED) is 0.853. The predicted molar refractivity (Wildman–Crippen MR) is 88.8 cm³/mol. The molecule has 0 aliphatic carbocycles. The summed E-state index contributed by atoms with van der Waals surface area (Å²) in [7, 11) is -1.49. The molecule has 1 aromatic carbocycles. The maximum Gasteiger partial charge on any atom is 0.253 e. The lowest BCUT2D eigenvalue weighted by Crippen LogP contribution is -2.35. The Morgan fingerprint density at radius 1 is 1.45 bits per heavy atom. The van der Waals surface area contributed by atoms with Crippen LogP contribution in [0.3, 0.4) is 0 Å². The number of sulfonamides is 1. The fourth-order valence-corrected chi connectivity index (χ4v) is 4.18. The number of rotatable bonds is 4. The van der Waals surface area contributed by atoms with Gasteiger partial charge in [-0.25, -0.2) is 8.42 Å². The fraction of sp³-hybridized carbons (Fsp3) is 0.562. The first-order chi connectivity index (χ1) is 10.2. The normalized spacial score (nSPS) is 19.0. The second-order valence-corrected chi connectivity index (χ2v) is 7.99. The predicted octanol–water partition coefficient (Wildman–Crippen LogP) is 2.27. The first-order valence-electron chi connectivity index (χ1n) is 7.56. The van der Waals surface area contributed by atoms with Gasteiger partial charge in [-0.3, -0.25) is 9.10 Å². The van der Waals surface area contributed by atoms with Crippen molar-refractivity contribution in [3.8, 4) is 0 Å². The summed E-state index contributed by atoms with van der Waals surface area (Å²) in [6.45, 7) is 5.94. The Labute approximate surface area is 133 Å². The molecule has 0 spiro atoms. The van der Waals surface area contributed by atoms with Crippen LogP contribution in [0.25, 0.3) is 0 Å². The molecule has 2 atom stereocenters. The van der Waals surface area contributed by atoms with Crippen molar-refractivity contribution in [1.82, 2.24) is 4.90 Å². The largest absolute Gasteiger partial charge is 0.339 e. The Hall–Kier alpha value is -1.56. The highest BCUT2D eigenvalue weighted by atomic mass is 32.2. The lowest BCUT2D eigenvalue weighted by molar-refractivity contribution is 0.0740. The van der Waals surface area contributed by atoms with Gasteiger partial charge in [0, 0.05) is 24.7 Å². The number of fused-ring (bicyclic) bond motifs is 1. The molecule has 22 heavy (non-hydrogen) atoms. The molecule has 1 heterocycles. The van der Waals surface area contributed by atoms with Gasteiger partial charge in [0.05, 0.1) is 11.9 Å². The van der Waals surface area contributed by atoms with Crippen LogP contribution >= 0.6 is 0 Å². The maximum atomic E-state index is 12.5. The molecule has 0 saturated carbocycles. The fourth-order valence-electron chi connectivity index (χ4n) is 2.92. The van der Waals surface area contributed by atoms with E-state index in [2.05, 4.69) is 0 Å². The third kappa shape index (κ3) is 2.97. The number of nitrogens with zero attached hydrogens (tertiary/aromatic N) is 2. The van der Waals surface area contributed by atoms with Crippen molar-refractivity contribution in [2.45, 2.75) is 45.7 Å². The lowest BCUT2D eigenvalue weighted by Gasteiger charge is -2.24. The van der Waals surface area contributed by atoms with Crippen LogP contribution < -0.4 is 4.31 Å². The molecular formula is C16H24N2O3S. The molecule has 0 radical (unpaired) electrons. The van der Waals surface area contributed by atoms with E-state index >= 15 is 0 Å². The summed E-state index contributed by atoms with van der Waals surface area (Å²) >= 11 is 0. The molecule has 0 saturated heterocycles. The van der Waals surface area contributed by atoms with Crippen molar-refractivity contribution in [2.24, 2.45) is 0 Å². The Balaban J connectivity index is 2.35. The van der Waals surface area contributed by atoms with E-state index in [9.17, 15) is 13.2 Å². The first-order valence-corrected chi connectivity index (χ1v) is 9.41. The molecule has 2 unspecified atom stereocenters. The molecule has 0 bridgehead atoms. The minimum Gasteiger partial charge on any atom is -0.339 e. The van der Waals surface area contributed by atoms with Crippen molar-refractivity contribution in [3.05, 3.63) is 29.3 Å². The number of hydrogen-bond donors (Lipinski definition) is 0. The van der Waals surface area contributed by atoms with E-state index in [0.29, 0.717) is 17.7 Å². The van der Waals surface area contributed by atoms with E-state index in [1.807, 2.05) is 26.8 Å². The van der Waals surface area contributed by atoms with Crippen molar-refractivity contribution >= 4 is 21.6 Å². The van der Waals surface area contributed by atoms with Gasteiger partial charge in [-0.1, -0.05) is 6.92 Å². The highest BCUT2D eigenvalue weighted by Crippen LogP contribution is 2.34. The van der Waals surface area contributed by atoms with Crippen LogP contribution in [0.1, 0.15) is 43.1 Å². The zero-order valence-corrected chi connectivity index (χ0v) is 14.6. The first kappa shape index (κ1) is 16.8. The number of carbonyl (C=O) groups excluding carboxylic acids is 1. The van der Waals surface area contributed by atoms with E-state index in [1.54, 1.807) is 24.1 Å². The van der Waals surface area contributed by atoms with Crippen LogP contribution in [0.4, 0.5) is 5.69 Å². The number of benzene rings is 1. The van der Waals surface area contributed by atoms with Crippen LogP contribution in [0.15, 0.2) is 18.2 Å². The Morgan fingerprint density at radius 2 is 2.09 bits per heavy atom. The molecule has 5 nitrogen and oxygen atoms in total. The van der Waals surface area contributed by atoms with E-state index < -0.39 is 10.0 Å². The van der Waals surface area contributed by atoms with Gasteiger partial charge in [-0.05, 0) is 50.5 Å². The number of carbonyl (C=O) groups is 1. The molecular weight excluding hydrogens is 300 g/mol. The van der Waals surface area contributed by atoms with Crippen molar-refractivity contribution in [1.29, 1.82) is 0 Å². The van der Waals surface area contributed by atoms with E-state index in [-0.39, 0.29) is 18.0 Å². The molecule has 122 valence electrons. The van der Waals surface area contributed by atoms with Crippen molar-refractivity contribution in [3.63, 3.8) is 0 Å². The molecule has 2 rings (SSSR count). The summed E-state index contributed by atoms with van der Waals surface area (Å²) in [6, 6.07) is 5.36. The average Bonchev–Trinajstić information content (AvgIpc) is 2.79. The minimum absolute atomic E-state index is 0.0254. The van der Waals surface area contributed by atoms with Gasteiger partial charge in [0.2, 0.25) is 10.0 Å². The molecule has 1 aliphatic heterocycles. The van der Waals surface area contributed by atoms with Gasteiger partial charge in [0.25, 0.3) is 5.91 Å². The van der Waals surface area contributed by atoms with Crippen LogP contribution in [0, 0.1) is 0 Å². The van der Waals surface area contributed by atoms with Gasteiger partial charge in [-0.2, -0.15) is 0 Å². The summed E-state index contributed by atoms with van der Waals surface area (Å²) in [5, 5.41) is 0. The van der Waals surface area contributed by atoms with E-state index in [1.165, 1.54) is 10.6 Å². The third-order valence-corrected chi connectivity index (χ3v) is 5.68. The van der Waals surface area contributed by atoms with Crippen molar-refractivity contribution < 1.29 is 13.2 Å². The summed E-state index contributed by atoms with van der Waals surface area (Å²) in [5.41, 5.74) is 2.23. The van der Waals surface area contributed by atoms with Crippen LogP contribution in [0.5, 0.6) is 0 Å². The lowest BCUT2D eigenvalue weighted by atomic mass is 10.1. The molecule has 0 fully saturated rings. The van der Waals surface area contributed by atoms with E-state index in [0.717, 1.165) is 12.0 Å². The summed E-state index contributed by atoms with van der Waals surface area (Å²) < 4.78 is 25.3. The average molecular weight is 324 g/mol. The molecule has 1 aromatic rings. The molecule has 6 heteroatoms. The van der Waals surface area contributed by atoms with Gasteiger partial charge < -0.3 is 4.90 Å². The molecule has 0 aromatic heterocycles. The Kier molecular flexibility index (Phi) is 4.52. The van der Waals surface area contributed by atoms with E-state index in [4.69, 9.17) is 0 Å². The smallest absolute Gasteiger partial charge is 0.253 e. The highest BCUT2D eigenvalue weighted by Gasteiger charge is 2.33.